The first-order valence-electron chi connectivity index (χ1n) is 12.1. The second-order valence-corrected chi connectivity index (χ2v) is 9.38. The number of rotatable bonds is 5. The molecule has 1 aromatic carbocycles. The molecular formula is C24H37N3O5. The number of aliphatic hydroxyl groups is 1. The molecule has 3 N–H and O–H groups in total. The number of hydrogen-bond donors (Lipinski definition) is 3. The molecular weight excluding hydrogens is 410 g/mol. The maximum absolute atomic E-state index is 10.7. The molecule has 0 unspecified atom stereocenters. The molecule has 8 heteroatoms. The van der Waals surface area contributed by atoms with Crippen molar-refractivity contribution < 1.29 is 24.5 Å². The number of anilines is 1. The molecule has 32 heavy (non-hydrogen) atoms. The quantitative estimate of drug-likeness (QED) is 0.638. The van der Waals surface area contributed by atoms with Gasteiger partial charge in [0.1, 0.15) is 0 Å². The van der Waals surface area contributed by atoms with Gasteiger partial charge in [0, 0.05) is 32.2 Å². The number of aliphatic hydroxyl groups excluding tert-OH is 1. The molecule has 5 rings (SSSR count). The van der Waals surface area contributed by atoms with E-state index in [0.29, 0.717) is 6.79 Å². The molecule has 0 bridgehead atoms. The molecule has 2 aliphatic heterocycles. The van der Waals surface area contributed by atoms with Crippen molar-refractivity contribution in [1.29, 1.82) is 0 Å². The Kier molecular flexibility index (Phi) is 7.97. The summed E-state index contributed by atoms with van der Waals surface area (Å²) in [5, 5.41) is 19.9. The van der Waals surface area contributed by atoms with Gasteiger partial charge >= 0.3 is 6.09 Å². The first kappa shape index (κ1) is 23.0. The number of para-hydroxylation sites is 1. The summed E-state index contributed by atoms with van der Waals surface area (Å²) >= 11 is 0. The number of benzene rings is 1. The third-order valence-electron chi connectivity index (χ3n) is 7.19. The summed E-state index contributed by atoms with van der Waals surface area (Å²) in [6.07, 6.45) is 7.94. The second kappa shape index (κ2) is 11.1. The van der Waals surface area contributed by atoms with Crippen molar-refractivity contribution >= 4 is 11.8 Å². The highest BCUT2D eigenvalue weighted by Crippen LogP contribution is 2.41. The Morgan fingerprint density at radius 2 is 1.75 bits per heavy atom. The summed E-state index contributed by atoms with van der Waals surface area (Å²) in [4.78, 5) is 15.7. The highest BCUT2D eigenvalue weighted by Gasteiger charge is 2.26. The number of carbonyl (C=O) groups is 1. The highest BCUT2D eigenvalue weighted by molar-refractivity contribution is 5.66. The van der Waals surface area contributed by atoms with Gasteiger partial charge in [-0.25, -0.2) is 4.79 Å². The van der Waals surface area contributed by atoms with E-state index < -0.39 is 6.09 Å². The number of carboxylic acid groups (broad SMARTS) is 1. The number of nitrogens with one attached hydrogen (secondary N) is 1. The van der Waals surface area contributed by atoms with Crippen LogP contribution in [0, 0.1) is 5.92 Å². The van der Waals surface area contributed by atoms with Gasteiger partial charge in [0.25, 0.3) is 0 Å². The van der Waals surface area contributed by atoms with Gasteiger partial charge in [0.2, 0.25) is 6.79 Å². The smallest absolute Gasteiger partial charge is 0.404 e. The Morgan fingerprint density at radius 3 is 2.38 bits per heavy atom. The maximum atomic E-state index is 10.7. The van der Waals surface area contributed by atoms with Crippen molar-refractivity contribution in [2.75, 3.05) is 44.4 Å². The molecule has 1 aromatic rings. The summed E-state index contributed by atoms with van der Waals surface area (Å²) in [6, 6.07) is 6.27. The van der Waals surface area contributed by atoms with E-state index in [1.54, 1.807) is 0 Å². The number of ether oxygens (including phenoxy) is 2. The predicted octanol–water partition coefficient (Wildman–Crippen LogP) is 3.29. The van der Waals surface area contributed by atoms with Crippen LogP contribution < -0.4 is 19.7 Å². The second-order valence-electron chi connectivity index (χ2n) is 9.38. The van der Waals surface area contributed by atoms with Crippen molar-refractivity contribution in [3.8, 4) is 11.5 Å². The lowest BCUT2D eigenvalue weighted by Gasteiger charge is -2.37. The number of piperazine rings is 1. The maximum Gasteiger partial charge on any atom is 0.404 e. The minimum Gasteiger partial charge on any atom is -0.465 e. The molecule has 2 aliphatic carbocycles. The van der Waals surface area contributed by atoms with E-state index in [-0.39, 0.29) is 12.1 Å². The zero-order valence-corrected chi connectivity index (χ0v) is 18.9. The molecule has 1 amide bonds. The molecule has 178 valence electrons. The Morgan fingerprint density at radius 1 is 1.03 bits per heavy atom. The van der Waals surface area contributed by atoms with Crippen molar-refractivity contribution in [2.24, 2.45) is 5.92 Å². The molecule has 0 spiro atoms. The fourth-order valence-corrected chi connectivity index (χ4v) is 4.90. The van der Waals surface area contributed by atoms with Gasteiger partial charge < -0.3 is 29.9 Å². The molecule has 0 radical (unpaired) electrons. The van der Waals surface area contributed by atoms with Crippen molar-refractivity contribution in [3.05, 3.63) is 18.2 Å². The van der Waals surface area contributed by atoms with E-state index >= 15 is 0 Å². The van der Waals surface area contributed by atoms with E-state index in [9.17, 15) is 4.79 Å². The van der Waals surface area contributed by atoms with Crippen molar-refractivity contribution in [3.63, 3.8) is 0 Å². The van der Waals surface area contributed by atoms with E-state index in [2.05, 4.69) is 21.2 Å². The lowest BCUT2D eigenvalue weighted by Crippen LogP contribution is -2.47. The average molecular weight is 448 g/mol. The van der Waals surface area contributed by atoms with Crippen LogP contribution in [0.15, 0.2) is 18.2 Å². The van der Waals surface area contributed by atoms with Crippen LogP contribution in [-0.4, -0.2) is 72.9 Å². The van der Waals surface area contributed by atoms with Crippen molar-refractivity contribution in [1.82, 2.24) is 10.2 Å². The van der Waals surface area contributed by atoms with Crippen LogP contribution >= 0.6 is 0 Å². The standard InChI is InChI=1S/C20H29N3O4.C4H8O/c24-20(25)21-16-6-4-15(5-7-16)8-9-22-10-12-23(13-11-22)17-2-1-3-18-19(17)27-14-26-18;5-4-2-1-3-4/h1-3,15-16,21H,4-14H2,(H,24,25);4-5H,1-3H2. The first-order chi connectivity index (χ1) is 15.6. The number of nitrogens with zero attached hydrogens (tertiary/aromatic N) is 2. The molecule has 0 atom stereocenters. The van der Waals surface area contributed by atoms with Crippen LogP contribution in [-0.2, 0) is 0 Å². The van der Waals surface area contributed by atoms with Crippen LogP contribution in [0.3, 0.4) is 0 Å². The van der Waals surface area contributed by atoms with Crippen LogP contribution in [0.2, 0.25) is 0 Å². The third kappa shape index (κ3) is 6.19. The molecule has 0 aromatic heterocycles. The molecule has 4 aliphatic rings. The fraction of sp³-hybridized carbons (Fsp3) is 0.708. The number of fused-ring (bicyclic) bond motifs is 1. The Hall–Kier alpha value is -2.19. The lowest BCUT2D eigenvalue weighted by atomic mass is 9.84. The van der Waals surface area contributed by atoms with Gasteiger partial charge in [0.15, 0.2) is 11.5 Å². The molecule has 8 nitrogen and oxygen atoms in total. The van der Waals surface area contributed by atoms with E-state index in [4.69, 9.17) is 19.7 Å². The largest absolute Gasteiger partial charge is 0.465 e. The Bertz CT molecular complexity index is 741. The minimum absolute atomic E-state index is 0.0648. The lowest BCUT2D eigenvalue weighted by molar-refractivity contribution is 0.0950. The molecule has 3 fully saturated rings. The fourth-order valence-electron chi connectivity index (χ4n) is 4.90. The summed E-state index contributed by atoms with van der Waals surface area (Å²) in [5.41, 5.74) is 1.15. The SMILES string of the molecule is O=C(O)NC1CCC(CCN2CCN(c3cccc4c3OCO4)CC2)CC1.OC1CCC1. The number of hydrogen-bond acceptors (Lipinski definition) is 6. The molecule has 1 saturated heterocycles. The van der Waals surface area contributed by atoms with Gasteiger partial charge in [-0.05, 0) is 76.0 Å². The third-order valence-corrected chi connectivity index (χ3v) is 7.19. The normalized spacial score (nSPS) is 25.5. The van der Waals surface area contributed by atoms with Crippen LogP contribution in [0.1, 0.15) is 51.4 Å². The highest BCUT2D eigenvalue weighted by atomic mass is 16.7. The van der Waals surface area contributed by atoms with Crippen molar-refractivity contribution in [2.45, 2.75) is 63.5 Å². The minimum atomic E-state index is -0.891. The van der Waals surface area contributed by atoms with Gasteiger partial charge in [-0.15, -0.1) is 0 Å². The van der Waals surface area contributed by atoms with Crippen LogP contribution in [0.25, 0.3) is 0 Å². The molecule has 2 heterocycles. The summed E-state index contributed by atoms with van der Waals surface area (Å²) in [7, 11) is 0. The monoisotopic (exact) mass is 447 g/mol. The Balaban J connectivity index is 0.000000433. The molecule has 2 saturated carbocycles. The Labute approximate surface area is 190 Å². The van der Waals surface area contributed by atoms with E-state index in [0.717, 1.165) is 94.4 Å². The summed E-state index contributed by atoms with van der Waals surface area (Å²) in [6.45, 7) is 5.61. The van der Waals surface area contributed by atoms with Crippen LogP contribution in [0.5, 0.6) is 11.5 Å². The topological polar surface area (TPSA) is 94.5 Å². The van der Waals surface area contributed by atoms with Gasteiger partial charge in [0.05, 0.1) is 11.8 Å². The van der Waals surface area contributed by atoms with Gasteiger partial charge in [-0.2, -0.15) is 0 Å². The first-order valence-corrected chi connectivity index (χ1v) is 12.1. The average Bonchev–Trinajstić information content (AvgIpc) is 3.27. The zero-order valence-electron chi connectivity index (χ0n) is 18.9. The van der Waals surface area contributed by atoms with Gasteiger partial charge in [-0.3, -0.25) is 4.90 Å². The predicted molar refractivity (Wildman–Crippen MR) is 123 cm³/mol. The van der Waals surface area contributed by atoms with E-state index in [1.165, 1.54) is 12.8 Å². The van der Waals surface area contributed by atoms with Crippen LogP contribution in [0.4, 0.5) is 10.5 Å². The summed E-state index contributed by atoms with van der Waals surface area (Å²) in [5.74, 6) is 2.47. The van der Waals surface area contributed by atoms with E-state index in [1.807, 2.05) is 12.1 Å². The zero-order chi connectivity index (χ0) is 22.3. The number of amides is 1. The van der Waals surface area contributed by atoms with Gasteiger partial charge in [-0.1, -0.05) is 6.07 Å². The summed E-state index contributed by atoms with van der Waals surface area (Å²) < 4.78 is 11.1.